The van der Waals surface area contributed by atoms with Crippen LogP contribution >= 0.6 is 0 Å². The van der Waals surface area contributed by atoms with Crippen LogP contribution in [-0.4, -0.2) is 69.1 Å². The van der Waals surface area contributed by atoms with Gasteiger partial charge in [0.25, 0.3) is 0 Å². The van der Waals surface area contributed by atoms with Crippen LogP contribution in [0.3, 0.4) is 0 Å². The molecule has 0 aromatic heterocycles. The standard InChI is InChI=1S/C12H8F2OTe4/c13-9-1-5-11(6-2-9)16-18-15-19-17-12-7-3-10(14)4-8-12/h1-8H. The third kappa shape index (κ3) is 6.81. The third-order valence-electron chi connectivity index (χ3n) is 1.94. The molecule has 7 heteroatoms. The summed E-state index contributed by atoms with van der Waals surface area (Å²) in [6, 6.07) is 13.6. The molecule has 1 nitrogen and oxygen atoms in total. The van der Waals surface area contributed by atoms with Crippen LogP contribution in [0.15, 0.2) is 48.5 Å². The molecule has 0 amide bonds. The van der Waals surface area contributed by atoms with Crippen molar-refractivity contribution >= 4 is 76.3 Å². The molecule has 0 spiro atoms. The zero-order valence-electron chi connectivity index (χ0n) is 9.42. The Bertz CT molecular complexity index is 457. The molecule has 2 aromatic rings. The van der Waals surface area contributed by atoms with Crippen molar-refractivity contribution in [3.05, 3.63) is 60.2 Å². The Morgan fingerprint density at radius 2 is 1.00 bits per heavy atom. The Balaban J connectivity index is 1.64. The van der Waals surface area contributed by atoms with Gasteiger partial charge >= 0.3 is 147 Å². The zero-order valence-corrected chi connectivity index (χ0v) is 18.7. The predicted molar refractivity (Wildman–Crippen MR) is 76.2 cm³/mol. The Morgan fingerprint density at radius 1 is 0.632 bits per heavy atom. The van der Waals surface area contributed by atoms with Gasteiger partial charge in [-0.1, -0.05) is 0 Å². The van der Waals surface area contributed by atoms with Gasteiger partial charge in [0.15, 0.2) is 0 Å². The summed E-state index contributed by atoms with van der Waals surface area (Å²) < 4.78 is 33.9. The summed E-state index contributed by atoms with van der Waals surface area (Å²) in [6.45, 7) is 0. The van der Waals surface area contributed by atoms with E-state index < -0.39 is 0 Å². The molecule has 0 heterocycles. The zero-order chi connectivity index (χ0) is 13.5. The number of halogens is 2. The van der Waals surface area contributed by atoms with Crippen LogP contribution in [0.5, 0.6) is 0 Å². The Morgan fingerprint density at radius 3 is 1.37 bits per heavy atom. The van der Waals surface area contributed by atoms with E-state index in [9.17, 15) is 8.78 Å². The second-order valence-corrected chi connectivity index (χ2v) is 22.3. The number of hydrogen-bond acceptors (Lipinski definition) is 1. The summed E-state index contributed by atoms with van der Waals surface area (Å²) in [5.41, 5.74) is 0. The molecule has 0 aliphatic rings. The quantitative estimate of drug-likeness (QED) is 0.312. The maximum absolute atomic E-state index is 12.7. The minimum atomic E-state index is -0.321. The first-order chi connectivity index (χ1) is 9.24. The summed E-state index contributed by atoms with van der Waals surface area (Å²) >= 11 is -1.08. The van der Waals surface area contributed by atoms with Crippen LogP contribution in [0.4, 0.5) is 8.78 Å². The first-order valence-electron chi connectivity index (χ1n) is 5.10. The van der Waals surface area contributed by atoms with Crippen LogP contribution in [0.25, 0.3) is 0 Å². The second-order valence-electron chi connectivity index (χ2n) is 3.28. The van der Waals surface area contributed by atoms with Crippen LogP contribution in [-0.2, 0) is 1.47 Å². The fourth-order valence-electron chi connectivity index (χ4n) is 1.10. The molecule has 0 radical (unpaired) electrons. The van der Waals surface area contributed by atoms with E-state index in [1.54, 1.807) is 0 Å². The predicted octanol–water partition coefficient (Wildman–Crippen LogP) is 0.409. The van der Waals surface area contributed by atoms with E-state index in [0.29, 0.717) is 0 Å². The summed E-state index contributed by atoms with van der Waals surface area (Å²) in [6.07, 6.45) is 0. The third-order valence-corrected chi connectivity index (χ3v) is 31.7. The van der Waals surface area contributed by atoms with Crippen molar-refractivity contribution in [3.8, 4) is 0 Å². The van der Waals surface area contributed by atoms with Crippen molar-refractivity contribution in [2.24, 2.45) is 0 Å². The summed E-state index contributed by atoms with van der Waals surface area (Å²) in [5.74, 6) is -0.343. The van der Waals surface area contributed by atoms with Gasteiger partial charge in [0.2, 0.25) is 0 Å². The molecule has 0 N–H and O–H groups in total. The molecule has 0 saturated heterocycles. The van der Waals surface area contributed by atoms with E-state index in [1.807, 2.05) is 24.3 Å². The van der Waals surface area contributed by atoms with Crippen LogP contribution < -0.4 is 7.22 Å². The Labute approximate surface area is 144 Å². The molecule has 2 rings (SSSR count). The van der Waals surface area contributed by atoms with Crippen molar-refractivity contribution in [1.29, 1.82) is 0 Å². The molecular weight excluding hydrogens is 709 g/mol. The van der Waals surface area contributed by atoms with Crippen molar-refractivity contribution in [3.63, 3.8) is 0 Å². The average molecular weight is 717 g/mol. The minimum absolute atomic E-state index is 0.172. The normalized spacial score (nSPS) is 10.6. The van der Waals surface area contributed by atoms with E-state index in [2.05, 4.69) is 0 Å². The van der Waals surface area contributed by atoms with Gasteiger partial charge in [-0.15, -0.1) is 0 Å². The van der Waals surface area contributed by atoms with Crippen molar-refractivity contribution in [1.82, 2.24) is 0 Å². The maximum atomic E-state index is 12.7. The molecule has 100 valence electrons. The molecule has 0 unspecified atom stereocenters. The monoisotopic (exact) mass is 726 g/mol. The van der Waals surface area contributed by atoms with Gasteiger partial charge < -0.3 is 0 Å². The number of rotatable bonds is 6. The molecule has 19 heavy (non-hydrogen) atoms. The molecule has 0 fully saturated rings. The SMILES string of the molecule is Fc1ccc([Te][Te]O[Te][Te]c2ccc(F)cc2)cc1. The first-order valence-corrected chi connectivity index (χ1v) is 24.0. The van der Waals surface area contributed by atoms with E-state index >= 15 is 0 Å². The fraction of sp³-hybridized carbons (Fsp3) is 0. The number of hydrogen-bond donors (Lipinski definition) is 0. The topological polar surface area (TPSA) is 9.23 Å². The van der Waals surface area contributed by atoms with E-state index in [-0.39, 0.29) is 80.7 Å². The summed E-state index contributed by atoms with van der Waals surface area (Å²) in [5, 5.41) is 0. The fourth-order valence-corrected chi connectivity index (χ4v) is 41.5. The Hall–Kier alpha value is 1.42. The van der Waals surface area contributed by atoms with Crippen LogP contribution in [0, 0.1) is 11.6 Å². The van der Waals surface area contributed by atoms with Gasteiger partial charge in [-0.25, -0.2) is 0 Å². The van der Waals surface area contributed by atoms with Gasteiger partial charge in [0.05, 0.1) is 0 Å². The summed E-state index contributed by atoms with van der Waals surface area (Å²) in [7, 11) is 0. The molecule has 0 aliphatic heterocycles. The first kappa shape index (κ1) is 16.8. The van der Waals surface area contributed by atoms with Crippen LogP contribution in [0.1, 0.15) is 0 Å². The molecular formula is C12H8F2OTe4. The van der Waals surface area contributed by atoms with E-state index in [0.717, 1.165) is 0 Å². The second kappa shape index (κ2) is 9.44. The average Bonchev–Trinajstić information content (AvgIpc) is 2.43. The van der Waals surface area contributed by atoms with Crippen molar-refractivity contribution < 1.29 is 10.2 Å². The van der Waals surface area contributed by atoms with Gasteiger partial charge in [0.1, 0.15) is 0 Å². The van der Waals surface area contributed by atoms with Gasteiger partial charge in [-0.05, 0) is 0 Å². The molecule has 0 atom stereocenters. The van der Waals surface area contributed by atoms with Gasteiger partial charge in [-0.3, -0.25) is 0 Å². The van der Waals surface area contributed by atoms with Crippen molar-refractivity contribution in [2.75, 3.05) is 0 Å². The molecule has 0 saturated carbocycles. The molecule has 0 aliphatic carbocycles. The Kier molecular flexibility index (Phi) is 8.34. The number of benzene rings is 2. The van der Waals surface area contributed by atoms with Crippen molar-refractivity contribution in [2.45, 2.75) is 0 Å². The van der Waals surface area contributed by atoms with Gasteiger partial charge in [-0.2, -0.15) is 0 Å². The van der Waals surface area contributed by atoms with E-state index in [4.69, 9.17) is 1.47 Å². The molecule has 2 aromatic carbocycles. The summed E-state index contributed by atoms with van der Waals surface area (Å²) in [4.78, 5) is 0. The molecule has 0 bridgehead atoms. The van der Waals surface area contributed by atoms with Gasteiger partial charge in [0, 0.05) is 0 Å². The van der Waals surface area contributed by atoms with Crippen LogP contribution in [0.2, 0.25) is 0 Å². The van der Waals surface area contributed by atoms with E-state index in [1.165, 1.54) is 31.5 Å².